The van der Waals surface area contributed by atoms with Crippen LogP contribution in [0.15, 0.2) is 53.4 Å². The number of sulfonamides is 1. The number of anilines is 1. The molecule has 0 fully saturated rings. The van der Waals surface area contributed by atoms with Crippen LogP contribution in [0.5, 0.6) is 5.75 Å². The van der Waals surface area contributed by atoms with E-state index in [-0.39, 0.29) is 16.0 Å². The van der Waals surface area contributed by atoms with Crippen molar-refractivity contribution >= 4 is 38.9 Å². The zero-order valence-corrected chi connectivity index (χ0v) is 19.3. The number of para-hydroxylation sites is 1. The van der Waals surface area contributed by atoms with Crippen LogP contribution in [0, 0.1) is 0 Å². The second-order valence-electron chi connectivity index (χ2n) is 6.75. The van der Waals surface area contributed by atoms with Gasteiger partial charge >= 0.3 is 0 Å². The van der Waals surface area contributed by atoms with Crippen LogP contribution in [-0.4, -0.2) is 45.3 Å². The molecule has 10 heteroatoms. The van der Waals surface area contributed by atoms with Crippen LogP contribution in [0.2, 0.25) is 0 Å². The number of carbonyl (C=O) groups excluding carboxylic acids is 1. The summed E-state index contributed by atoms with van der Waals surface area (Å²) in [7, 11) is -3.58. The lowest BCUT2D eigenvalue weighted by Gasteiger charge is -2.13. The van der Waals surface area contributed by atoms with E-state index in [1.54, 1.807) is 50.2 Å². The first kappa shape index (κ1) is 24.7. The van der Waals surface area contributed by atoms with Gasteiger partial charge in [-0.05, 0) is 69.4 Å². The molecule has 0 saturated heterocycles. The molecule has 2 aromatic carbocycles. The fraction of sp³-hybridized carbons (Fsp3) is 0.333. The number of thiocarbonyl (C=S) groups is 1. The summed E-state index contributed by atoms with van der Waals surface area (Å²) in [4.78, 5) is 12.7. The van der Waals surface area contributed by atoms with E-state index in [9.17, 15) is 13.2 Å². The first-order valence-electron chi connectivity index (χ1n) is 9.77. The Morgan fingerprint density at radius 1 is 1.06 bits per heavy atom. The number of hydrogen-bond donors (Lipinski definition) is 3. The average Bonchev–Trinajstić information content (AvgIpc) is 2.71. The average molecular weight is 466 g/mol. The third-order valence-corrected chi connectivity index (χ3v) is 5.74. The van der Waals surface area contributed by atoms with E-state index in [1.165, 1.54) is 12.1 Å². The Kier molecular flexibility index (Phi) is 9.38. The summed E-state index contributed by atoms with van der Waals surface area (Å²) in [6.07, 6.45) is 0. The number of benzene rings is 2. The predicted octanol–water partition coefficient (Wildman–Crippen LogP) is 2.92. The summed E-state index contributed by atoms with van der Waals surface area (Å²) in [6, 6.07) is 12.7. The molecule has 0 radical (unpaired) electrons. The Hall–Kier alpha value is -2.53. The van der Waals surface area contributed by atoms with Gasteiger partial charge in [0.05, 0.1) is 17.1 Å². The molecule has 8 nitrogen and oxygen atoms in total. The number of nitrogens with one attached hydrogen (secondary N) is 3. The molecular weight excluding hydrogens is 438 g/mol. The van der Waals surface area contributed by atoms with Gasteiger partial charge in [-0.15, -0.1) is 0 Å². The minimum absolute atomic E-state index is 0.0741. The zero-order valence-electron chi connectivity index (χ0n) is 17.7. The lowest BCUT2D eigenvalue weighted by atomic mass is 10.2. The van der Waals surface area contributed by atoms with Gasteiger partial charge in [0.25, 0.3) is 5.91 Å². The van der Waals surface area contributed by atoms with Crippen molar-refractivity contribution in [1.82, 2.24) is 10.0 Å². The summed E-state index contributed by atoms with van der Waals surface area (Å²) in [5, 5.41) is 5.54. The first-order valence-corrected chi connectivity index (χ1v) is 11.7. The molecular formula is C21H27N3O5S2. The summed E-state index contributed by atoms with van der Waals surface area (Å²) in [5.74, 6) is -0.000411. The molecule has 0 atom stereocenters. The van der Waals surface area contributed by atoms with Gasteiger partial charge in [-0.3, -0.25) is 10.1 Å². The Balaban J connectivity index is 1.98. The predicted molar refractivity (Wildman–Crippen MR) is 124 cm³/mol. The lowest BCUT2D eigenvalue weighted by molar-refractivity contribution is 0.0958. The van der Waals surface area contributed by atoms with Crippen molar-refractivity contribution in [1.29, 1.82) is 0 Å². The zero-order chi connectivity index (χ0) is 22.9. The van der Waals surface area contributed by atoms with Gasteiger partial charge in [0.2, 0.25) is 10.0 Å². The molecule has 3 N–H and O–H groups in total. The van der Waals surface area contributed by atoms with Gasteiger partial charge < -0.3 is 14.8 Å². The van der Waals surface area contributed by atoms with E-state index in [0.29, 0.717) is 36.8 Å². The molecule has 0 spiro atoms. The van der Waals surface area contributed by atoms with Crippen molar-refractivity contribution in [2.75, 3.05) is 25.1 Å². The van der Waals surface area contributed by atoms with Crippen molar-refractivity contribution in [3.63, 3.8) is 0 Å². The SMILES string of the molecule is CCOCCOc1ccccc1C(=O)NC(=S)Nc1ccc(S(=O)(=O)NC(C)C)cc1. The van der Waals surface area contributed by atoms with Crippen LogP contribution in [0.3, 0.4) is 0 Å². The van der Waals surface area contributed by atoms with Crippen molar-refractivity contribution in [2.24, 2.45) is 0 Å². The topological polar surface area (TPSA) is 106 Å². The molecule has 2 aromatic rings. The Labute approximate surface area is 188 Å². The second kappa shape index (κ2) is 11.8. The van der Waals surface area contributed by atoms with Crippen molar-refractivity contribution in [3.05, 3.63) is 54.1 Å². The minimum atomic E-state index is -3.58. The molecule has 31 heavy (non-hydrogen) atoms. The molecule has 0 saturated carbocycles. The van der Waals surface area contributed by atoms with Crippen molar-refractivity contribution in [3.8, 4) is 5.75 Å². The molecule has 0 unspecified atom stereocenters. The first-order chi connectivity index (χ1) is 14.7. The maximum Gasteiger partial charge on any atom is 0.261 e. The van der Waals surface area contributed by atoms with E-state index in [2.05, 4.69) is 15.4 Å². The number of carbonyl (C=O) groups is 1. The van der Waals surface area contributed by atoms with E-state index < -0.39 is 15.9 Å². The molecule has 0 aliphatic carbocycles. The van der Waals surface area contributed by atoms with Crippen molar-refractivity contribution < 1.29 is 22.7 Å². The molecule has 0 aliphatic rings. The van der Waals surface area contributed by atoms with Gasteiger partial charge in [0.15, 0.2) is 5.11 Å². The molecule has 0 aliphatic heterocycles. The van der Waals surface area contributed by atoms with Gasteiger partial charge in [0.1, 0.15) is 12.4 Å². The standard InChI is InChI=1S/C21H27N3O5S2/c1-4-28-13-14-29-19-8-6-5-7-18(19)20(25)23-21(30)22-16-9-11-17(12-10-16)31(26,27)24-15(2)3/h5-12,15,24H,4,13-14H2,1-3H3,(H2,22,23,25,30). The molecule has 0 heterocycles. The maximum absolute atomic E-state index is 12.6. The smallest absolute Gasteiger partial charge is 0.261 e. The van der Waals surface area contributed by atoms with E-state index in [1.807, 2.05) is 6.92 Å². The molecule has 1 amide bonds. The highest BCUT2D eigenvalue weighted by atomic mass is 32.2. The third-order valence-electron chi connectivity index (χ3n) is 3.86. The normalized spacial score (nSPS) is 11.2. The Bertz CT molecular complexity index is 992. The van der Waals surface area contributed by atoms with E-state index >= 15 is 0 Å². The Morgan fingerprint density at radius 3 is 2.39 bits per heavy atom. The lowest BCUT2D eigenvalue weighted by Crippen LogP contribution is -2.34. The quantitative estimate of drug-likeness (QED) is 0.366. The van der Waals surface area contributed by atoms with Crippen LogP contribution < -0.4 is 20.1 Å². The van der Waals surface area contributed by atoms with Crippen molar-refractivity contribution in [2.45, 2.75) is 31.7 Å². The summed E-state index contributed by atoms with van der Waals surface area (Å²) >= 11 is 5.21. The molecule has 168 valence electrons. The molecule has 0 aromatic heterocycles. The largest absolute Gasteiger partial charge is 0.490 e. The molecule has 2 rings (SSSR count). The monoisotopic (exact) mass is 465 g/mol. The highest BCUT2D eigenvalue weighted by Crippen LogP contribution is 2.18. The van der Waals surface area contributed by atoms with Gasteiger partial charge in [-0.25, -0.2) is 13.1 Å². The highest BCUT2D eigenvalue weighted by molar-refractivity contribution is 7.89. The summed E-state index contributed by atoms with van der Waals surface area (Å²) in [5.41, 5.74) is 0.874. The highest BCUT2D eigenvalue weighted by Gasteiger charge is 2.16. The fourth-order valence-electron chi connectivity index (χ4n) is 2.56. The number of hydrogen-bond acceptors (Lipinski definition) is 6. The molecule has 0 bridgehead atoms. The fourth-order valence-corrected chi connectivity index (χ4v) is 4.03. The van der Waals surface area contributed by atoms with Crippen LogP contribution in [-0.2, 0) is 14.8 Å². The minimum Gasteiger partial charge on any atom is -0.490 e. The van der Waals surface area contributed by atoms with Crippen LogP contribution in [0.1, 0.15) is 31.1 Å². The van der Waals surface area contributed by atoms with Gasteiger partial charge in [-0.2, -0.15) is 0 Å². The number of amides is 1. The van der Waals surface area contributed by atoms with Gasteiger partial charge in [0, 0.05) is 18.3 Å². The summed E-state index contributed by atoms with van der Waals surface area (Å²) in [6.45, 7) is 6.72. The second-order valence-corrected chi connectivity index (χ2v) is 8.87. The van der Waals surface area contributed by atoms with Crippen LogP contribution >= 0.6 is 12.2 Å². The van der Waals surface area contributed by atoms with Gasteiger partial charge in [-0.1, -0.05) is 12.1 Å². The van der Waals surface area contributed by atoms with E-state index in [0.717, 1.165) is 0 Å². The van der Waals surface area contributed by atoms with E-state index in [4.69, 9.17) is 21.7 Å². The summed E-state index contributed by atoms with van der Waals surface area (Å²) < 4.78 is 37.7. The van der Waals surface area contributed by atoms with Crippen LogP contribution in [0.25, 0.3) is 0 Å². The maximum atomic E-state index is 12.6. The van der Waals surface area contributed by atoms with Crippen LogP contribution in [0.4, 0.5) is 5.69 Å². The Morgan fingerprint density at radius 2 is 1.74 bits per heavy atom. The number of rotatable bonds is 10. The third kappa shape index (κ3) is 7.91. The number of ether oxygens (including phenoxy) is 2.